The molecule has 0 spiro atoms. The van der Waals surface area contributed by atoms with Gasteiger partial charge < -0.3 is 10.1 Å². The van der Waals surface area contributed by atoms with Crippen LogP contribution in [0, 0.1) is 6.92 Å². The SMILES string of the molecule is Cc1ccc(S(=O)(=O)N2CSC[C@H]2C(=O)N[C@@H](Cc2ccccc2)C(=O)OCc2ccccc2)cc1. The highest BCUT2D eigenvalue weighted by Gasteiger charge is 2.41. The molecule has 188 valence electrons. The zero-order valence-corrected chi connectivity index (χ0v) is 21.5. The minimum atomic E-state index is -3.88. The van der Waals surface area contributed by atoms with Crippen molar-refractivity contribution in [3.63, 3.8) is 0 Å². The Morgan fingerprint density at radius 2 is 1.58 bits per heavy atom. The first-order valence-corrected chi connectivity index (χ1v) is 14.1. The fourth-order valence-corrected chi connectivity index (χ4v) is 7.01. The summed E-state index contributed by atoms with van der Waals surface area (Å²) in [6.07, 6.45) is 0.227. The minimum Gasteiger partial charge on any atom is -0.459 e. The van der Waals surface area contributed by atoms with Crippen molar-refractivity contribution in [3.8, 4) is 0 Å². The van der Waals surface area contributed by atoms with E-state index >= 15 is 0 Å². The van der Waals surface area contributed by atoms with Gasteiger partial charge in [-0.05, 0) is 30.2 Å². The van der Waals surface area contributed by atoms with E-state index in [2.05, 4.69) is 5.32 Å². The van der Waals surface area contributed by atoms with Crippen molar-refractivity contribution in [1.29, 1.82) is 0 Å². The lowest BCUT2D eigenvalue weighted by Crippen LogP contribution is -2.52. The lowest BCUT2D eigenvalue weighted by Gasteiger charge is -2.25. The average Bonchev–Trinajstić information content (AvgIpc) is 3.40. The summed E-state index contributed by atoms with van der Waals surface area (Å²) in [5, 5.41) is 2.77. The van der Waals surface area contributed by atoms with Gasteiger partial charge in [-0.3, -0.25) is 4.79 Å². The summed E-state index contributed by atoms with van der Waals surface area (Å²) >= 11 is 1.36. The second-order valence-corrected chi connectivity index (χ2v) is 11.5. The zero-order valence-electron chi connectivity index (χ0n) is 19.9. The van der Waals surface area contributed by atoms with Crippen LogP contribution in [-0.4, -0.2) is 48.3 Å². The number of rotatable bonds is 9. The van der Waals surface area contributed by atoms with E-state index in [4.69, 9.17) is 4.74 Å². The number of carbonyl (C=O) groups excluding carboxylic acids is 2. The van der Waals surface area contributed by atoms with Gasteiger partial charge in [-0.2, -0.15) is 4.31 Å². The summed E-state index contributed by atoms with van der Waals surface area (Å²) in [6, 6.07) is 23.2. The molecule has 1 saturated heterocycles. The van der Waals surface area contributed by atoms with Crippen LogP contribution in [0.1, 0.15) is 16.7 Å². The number of hydrogen-bond donors (Lipinski definition) is 1. The quantitative estimate of drug-likeness (QED) is 0.431. The van der Waals surface area contributed by atoms with Crippen molar-refractivity contribution in [2.45, 2.75) is 36.9 Å². The number of aryl methyl sites for hydroxylation is 1. The smallest absolute Gasteiger partial charge is 0.329 e. The Kier molecular flexibility index (Phi) is 8.45. The maximum absolute atomic E-state index is 13.3. The summed E-state index contributed by atoms with van der Waals surface area (Å²) in [5.74, 6) is -0.632. The van der Waals surface area contributed by atoms with Crippen molar-refractivity contribution in [2.24, 2.45) is 0 Å². The lowest BCUT2D eigenvalue weighted by molar-refractivity contribution is -0.149. The largest absolute Gasteiger partial charge is 0.459 e. The van der Waals surface area contributed by atoms with Crippen LogP contribution in [0.15, 0.2) is 89.8 Å². The molecule has 1 N–H and O–H groups in total. The van der Waals surface area contributed by atoms with Crippen molar-refractivity contribution in [3.05, 3.63) is 102 Å². The van der Waals surface area contributed by atoms with Crippen LogP contribution in [0.4, 0.5) is 0 Å². The number of amides is 1. The third kappa shape index (κ3) is 6.34. The van der Waals surface area contributed by atoms with Gasteiger partial charge in [0, 0.05) is 12.2 Å². The molecule has 0 bridgehead atoms. The maximum atomic E-state index is 13.3. The van der Waals surface area contributed by atoms with Gasteiger partial charge in [0.25, 0.3) is 0 Å². The number of ether oxygens (including phenoxy) is 1. The Morgan fingerprint density at radius 1 is 0.972 bits per heavy atom. The summed E-state index contributed by atoms with van der Waals surface area (Å²) in [4.78, 5) is 26.5. The van der Waals surface area contributed by atoms with E-state index in [1.54, 1.807) is 24.3 Å². The molecule has 1 amide bonds. The van der Waals surface area contributed by atoms with Crippen LogP contribution in [0.3, 0.4) is 0 Å². The molecule has 0 saturated carbocycles. The van der Waals surface area contributed by atoms with E-state index in [9.17, 15) is 18.0 Å². The maximum Gasteiger partial charge on any atom is 0.329 e. The van der Waals surface area contributed by atoms with Gasteiger partial charge in [0.2, 0.25) is 15.9 Å². The van der Waals surface area contributed by atoms with Crippen LogP contribution < -0.4 is 5.32 Å². The molecule has 0 aromatic heterocycles. The topological polar surface area (TPSA) is 92.8 Å². The highest BCUT2D eigenvalue weighted by atomic mass is 32.2. The fraction of sp³-hybridized carbons (Fsp3) is 0.259. The standard InChI is InChI=1S/C27H28N2O5S2/c1-20-12-14-23(15-13-20)36(32,33)29-19-35-18-25(29)26(30)28-24(16-21-8-4-2-5-9-21)27(31)34-17-22-10-6-3-7-11-22/h2-15,24-25H,16-19H2,1H3,(H,28,30)/t24-,25-/m0/s1. The van der Waals surface area contributed by atoms with Gasteiger partial charge >= 0.3 is 5.97 Å². The first-order chi connectivity index (χ1) is 17.3. The minimum absolute atomic E-state index is 0.0774. The Balaban J connectivity index is 1.50. The second kappa shape index (κ2) is 11.7. The molecule has 1 fully saturated rings. The Bertz CT molecular complexity index is 1280. The van der Waals surface area contributed by atoms with E-state index < -0.39 is 34.0 Å². The molecule has 1 heterocycles. The molecule has 4 rings (SSSR count). The predicted molar refractivity (Wildman–Crippen MR) is 140 cm³/mol. The van der Waals surface area contributed by atoms with Crippen LogP contribution >= 0.6 is 11.8 Å². The van der Waals surface area contributed by atoms with E-state index in [1.807, 2.05) is 67.6 Å². The number of benzene rings is 3. The molecule has 0 unspecified atom stereocenters. The van der Waals surface area contributed by atoms with E-state index in [0.29, 0.717) is 5.75 Å². The molecule has 9 heteroatoms. The number of nitrogens with one attached hydrogen (secondary N) is 1. The molecule has 36 heavy (non-hydrogen) atoms. The molecule has 2 atom stereocenters. The number of hydrogen-bond acceptors (Lipinski definition) is 6. The van der Waals surface area contributed by atoms with Gasteiger partial charge in [-0.1, -0.05) is 78.4 Å². The molecule has 0 aliphatic carbocycles. The number of nitrogens with zero attached hydrogens (tertiary/aromatic N) is 1. The molecule has 1 aliphatic heterocycles. The highest BCUT2D eigenvalue weighted by molar-refractivity contribution is 8.00. The van der Waals surface area contributed by atoms with Crippen molar-refractivity contribution < 1.29 is 22.7 Å². The third-order valence-corrected chi connectivity index (χ3v) is 8.92. The highest BCUT2D eigenvalue weighted by Crippen LogP contribution is 2.28. The number of thioether (sulfide) groups is 1. The van der Waals surface area contributed by atoms with Gasteiger partial charge in [0.15, 0.2) is 0 Å². The summed E-state index contributed by atoms with van der Waals surface area (Å²) < 4.78 is 33.3. The Labute approximate surface area is 215 Å². The van der Waals surface area contributed by atoms with Crippen LogP contribution in [0.25, 0.3) is 0 Å². The summed E-state index contributed by atoms with van der Waals surface area (Å²) in [6.45, 7) is 1.95. The van der Waals surface area contributed by atoms with Crippen molar-refractivity contribution in [1.82, 2.24) is 9.62 Å². The molecule has 0 radical (unpaired) electrons. The molecule has 3 aromatic carbocycles. The summed E-state index contributed by atoms with van der Waals surface area (Å²) in [7, 11) is -3.88. The van der Waals surface area contributed by atoms with Crippen LogP contribution in [0.5, 0.6) is 0 Å². The molecule has 3 aromatic rings. The lowest BCUT2D eigenvalue weighted by atomic mass is 10.1. The van der Waals surface area contributed by atoms with E-state index in [0.717, 1.165) is 16.7 Å². The van der Waals surface area contributed by atoms with Crippen molar-refractivity contribution >= 4 is 33.7 Å². The molecular formula is C27H28N2O5S2. The number of carbonyl (C=O) groups is 2. The first kappa shape index (κ1) is 25.9. The van der Waals surface area contributed by atoms with Gasteiger partial charge in [-0.15, -0.1) is 11.8 Å². The number of esters is 1. The van der Waals surface area contributed by atoms with Crippen LogP contribution in [-0.2, 0) is 37.4 Å². The predicted octanol–water partition coefficient (Wildman–Crippen LogP) is 3.53. The van der Waals surface area contributed by atoms with E-state index in [-0.39, 0.29) is 23.8 Å². The normalized spacial score (nSPS) is 16.9. The average molecular weight is 525 g/mol. The Morgan fingerprint density at radius 3 is 2.22 bits per heavy atom. The first-order valence-electron chi connectivity index (χ1n) is 11.6. The van der Waals surface area contributed by atoms with Crippen molar-refractivity contribution in [2.75, 3.05) is 11.6 Å². The van der Waals surface area contributed by atoms with Gasteiger partial charge in [0.05, 0.1) is 10.8 Å². The zero-order chi connectivity index (χ0) is 25.5. The van der Waals surface area contributed by atoms with E-state index in [1.165, 1.54) is 16.1 Å². The number of sulfonamides is 1. The van der Waals surface area contributed by atoms with Gasteiger partial charge in [-0.25, -0.2) is 13.2 Å². The Hall–Kier alpha value is -3.14. The molecule has 7 nitrogen and oxygen atoms in total. The van der Waals surface area contributed by atoms with Gasteiger partial charge in [0.1, 0.15) is 18.7 Å². The second-order valence-electron chi connectivity index (χ2n) is 8.57. The fourth-order valence-electron chi connectivity index (χ4n) is 3.86. The summed E-state index contributed by atoms with van der Waals surface area (Å²) in [5.41, 5.74) is 2.62. The molecular weight excluding hydrogens is 496 g/mol. The molecule has 1 aliphatic rings. The van der Waals surface area contributed by atoms with Crippen LogP contribution in [0.2, 0.25) is 0 Å². The third-order valence-electron chi connectivity index (χ3n) is 5.88. The monoisotopic (exact) mass is 524 g/mol.